The van der Waals surface area contributed by atoms with Crippen molar-refractivity contribution in [2.45, 2.75) is 26.7 Å². The fourth-order valence-corrected chi connectivity index (χ4v) is 2.15. The van der Waals surface area contributed by atoms with E-state index < -0.39 is 17.6 Å². The highest BCUT2D eigenvalue weighted by Gasteiger charge is 2.11. The van der Waals surface area contributed by atoms with Crippen molar-refractivity contribution in [1.29, 1.82) is 0 Å². The second-order valence-corrected chi connectivity index (χ2v) is 5.73. The molecule has 6 heteroatoms. The first-order chi connectivity index (χ1) is 11.9. The first-order valence-electron chi connectivity index (χ1n) is 7.82. The molecule has 0 aliphatic carbocycles. The molecule has 0 heterocycles. The van der Waals surface area contributed by atoms with Crippen molar-refractivity contribution in [3.8, 4) is 0 Å². The molecule has 25 heavy (non-hydrogen) atoms. The van der Waals surface area contributed by atoms with Gasteiger partial charge in [-0.3, -0.25) is 25.2 Å². The Morgan fingerprint density at radius 2 is 1.48 bits per heavy atom. The fraction of sp³-hybridized carbons (Fsp3) is 0.211. The monoisotopic (exact) mass is 342 g/mol. The second-order valence-electron chi connectivity index (χ2n) is 5.73. The number of hydrazine groups is 1. The molecule has 130 valence electrons. The summed E-state index contributed by atoms with van der Waals surface area (Å²) < 4.78 is 12.8. The Morgan fingerprint density at radius 1 is 0.840 bits per heavy atom. The number of Topliss-reactive ketones (excluding diaryl/α,β-unsaturated/α-hetero) is 1. The normalized spacial score (nSPS) is 10.2. The Kier molecular flexibility index (Phi) is 6.00. The van der Waals surface area contributed by atoms with Crippen molar-refractivity contribution in [1.82, 2.24) is 10.9 Å². The summed E-state index contributed by atoms with van der Waals surface area (Å²) >= 11 is 0. The summed E-state index contributed by atoms with van der Waals surface area (Å²) in [6, 6.07) is 10.3. The van der Waals surface area contributed by atoms with Crippen molar-refractivity contribution in [3.63, 3.8) is 0 Å². The van der Waals surface area contributed by atoms with Crippen molar-refractivity contribution >= 4 is 17.6 Å². The highest BCUT2D eigenvalue weighted by atomic mass is 19.1. The Labute approximate surface area is 145 Å². The van der Waals surface area contributed by atoms with Gasteiger partial charge in [0.25, 0.3) is 5.91 Å². The topological polar surface area (TPSA) is 75.3 Å². The highest BCUT2D eigenvalue weighted by molar-refractivity contribution is 5.99. The van der Waals surface area contributed by atoms with Crippen LogP contribution in [0.5, 0.6) is 0 Å². The number of rotatable bonds is 5. The van der Waals surface area contributed by atoms with Crippen molar-refractivity contribution < 1.29 is 18.8 Å². The lowest BCUT2D eigenvalue weighted by Gasteiger charge is -2.08. The Balaban J connectivity index is 1.80. The summed E-state index contributed by atoms with van der Waals surface area (Å²) in [5.41, 5.74) is 7.35. The van der Waals surface area contributed by atoms with Gasteiger partial charge in [0.1, 0.15) is 5.82 Å². The molecular weight excluding hydrogens is 323 g/mol. The molecular formula is C19H19FN2O3. The molecule has 0 fully saturated rings. The quantitative estimate of drug-likeness (QED) is 0.648. The predicted molar refractivity (Wildman–Crippen MR) is 91.5 cm³/mol. The summed E-state index contributed by atoms with van der Waals surface area (Å²) in [5.74, 6) is -1.63. The van der Waals surface area contributed by atoms with Gasteiger partial charge in [-0.15, -0.1) is 0 Å². The third kappa shape index (κ3) is 5.24. The van der Waals surface area contributed by atoms with E-state index >= 15 is 0 Å². The third-order valence-electron chi connectivity index (χ3n) is 3.83. The van der Waals surface area contributed by atoms with Crippen LogP contribution < -0.4 is 10.9 Å². The van der Waals surface area contributed by atoms with Crippen LogP contribution in [0.3, 0.4) is 0 Å². The highest BCUT2D eigenvalue weighted by Crippen LogP contribution is 2.12. The molecule has 5 nitrogen and oxygen atoms in total. The fourth-order valence-electron chi connectivity index (χ4n) is 2.15. The van der Waals surface area contributed by atoms with Gasteiger partial charge in [0.05, 0.1) is 0 Å². The van der Waals surface area contributed by atoms with E-state index in [0.29, 0.717) is 5.56 Å². The van der Waals surface area contributed by atoms with E-state index in [4.69, 9.17) is 0 Å². The van der Waals surface area contributed by atoms with E-state index in [1.54, 1.807) is 12.1 Å². The van der Waals surface area contributed by atoms with Crippen molar-refractivity contribution in [3.05, 3.63) is 70.5 Å². The molecule has 0 bridgehead atoms. The van der Waals surface area contributed by atoms with Crippen LogP contribution in [0.2, 0.25) is 0 Å². The average molecular weight is 342 g/mol. The molecule has 2 aromatic rings. The second kappa shape index (κ2) is 8.19. The first kappa shape index (κ1) is 18.3. The van der Waals surface area contributed by atoms with Gasteiger partial charge in [-0.1, -0.05) is 12.1 Å². The summed E-state index contributed by atoms with van der Waals surface area (Å²) in [4.78, 5) is 35.6. The minimum Gasteiger partial charge on any atom is -0.294 e. The number of amides is 2. The van der Waals surface area contributed by atoms with E-state index in [-0.39, 0.29) is 24.2 Å². The van der Waals surface area contributed by atoms with Gasteiger partial charge in [0.2, 0.25) is 5.91 Å². The molecule has 0 atom stereocenters. The van der Waals surface area contributed by atoms with E-state index in [9.17, 15) is 18.8 Å². The molecule has 2 aromatic carbocycles. The van der Waals surface area contributed by atoms with Crippen LogP contribution in [0.15, 0.2) is 42.5 Å². The number of hydrogen-bond acceptors (Lipinski definition) is 3. The van der Waals surface area contributed by atoms with Crippen LogP contribution in [0, 0.1) is 19.7 Å². The van der Waals surface area contributed by atoms with Crippen molar-refractivity contribution in [2.75, 3.05) is 0 Å². The van der Waals surface area contributed by atoms with Crippen LogP contribution in [-0.2, 0) is 4.79 Å². The molecule has 0 saturated carbocycles. The molecule has 0 radical (unpaired) electrons. The Morgan fingerprint density at radius 3 is 2.12 bits per heavy atom. The molecule has 0 saturated heterocycles. The maximum Gasteiger partial charge on any atom is 0.269 e. The van der Waals surface area contributed by atoms with Gasteiger partial charge < -0.3 is 0 Å². The largest absolute Gasteiger partial charge is 0.294 e. The lowest BCUT2D eigenvalue weighted by Crippen LogP contribution is -2.41. The van der Waals surface area contributed by atoms with E-state index in [1.807, 2.05) is 19.9 Å². The number of carbonyl (C=O) groups excluding carboxylic acids is 3. The van der Waals surface area contributed by atoms with Gasteiger partial charge in [0, 0.05) is 24.0 Å². The smallest absolute Gasteiger partial charge is 0.269 e. The molecule has 0 spiro atoms. The maximum atomic E-state index is 12.8. The molecule has 2 amide bonds. The molecule has 2 N–H and O–H groups in total. The number of benzene rings is 2. The minimum absolute atomic E-state index is 0.0424. The lowest BCUT2D eigenvalue weighted by molar-refractivity contribution is -0.121. The van der Waals surface area contributed by atoms with Gasteiger partial charge in [-0.2, -0.15) is 0 Å². The SMILES string of the molecule is Cc1ccc(C(=O)CCC(=O)NNC(=O)c2ccc(F)cc2)cc1C. The molecule has 0 aliphatic heterocycles. The zero-order valence-electron chi connectivity index (χ0n) is 14.1. The summed E-state index contributed by atoms with van der Waals surface area (Å²) in [5, 5.41) is 0. The number of hydrogen-bond donors (Lipinski definition) is 2. The van der Waals surface area contributed by atoms with Gasteiger partial charge in [0.15, 0.2) is 5.78 Å². The van der Waals surface area contributed by atoms with E-state index in [1.165, 1.54) is 12.1 Å². The summed E-state index contributed by atoms with van der Waals surface area (Å²) in [6.45, 7) is 3.88. The van der Waals surface area contributed by atoms with Crippen LogP contribution in [0.4, 0.5) is 4.39 Å². The third-order valence-corrected chi connectivity index (χ3v) is 3.83. The molecule has 2 rings (SSSR count). The van der Waals surface area contributed by atoms with Crippen LogP contribution >= 0.6 is 0 Å². The average Bonchev–Trinajstić information content (AvgIpc) is 2.60. The van der Waals surface area contributed by atoms with Crippen molar-refractivity contribution in [2.24, 2.45) is 0 Å². The summed E-state index contributed by atoms with van der Waals surface area (Å²) in [7, 11) is 0. The predicted octanol–water partition coefficient (Wildman–Crippen LogP) is 2.87. The van der Waals surface area contributed by atoms with Crippen LogP contribution in [-0.4, -0.2) is 17.6 Å². The summed E-state index contributed by atoms with van der Waals surface area (Å²) in [6.07, 6.45) is -0.00376. The van der Waals surface area contributed by atoms with Gasteiger partial charge in [-0.25, -0.2) is 4.39 Å². The zero-order valence-corrected chi connectivity index (χ0v) is 14.1. The number of halogens is 1. The van der Waals surface area contributed by atoms with Crippen LogP contribution in [0.25, 0.3) is 0 Å². The van der Waals surface area contributed by atoms with Gasteiger partial charge >= 0.3 is 0 Å². The first-order valence-corrected chi connectivity index (χ1v) is 7.82. The molecule has 0 unspecified atom stereocenters. The number of carbonyl (C=O) groups is 3. The maximum absolute atomic E-state index is 12.8. The Bertz CT molecular complexity index is 801. The zero-order chi connectivity index (χ0) is 18.4. The minimum atomic E-state index is -0.561. The van der Waals surface area contributed by atoms with E-state index in [2.05, 4.69) is 10.9 Å². The Hall–Kier alpha value is -3.02. The molecule has 0 aromatic heterocycles. The standard InChI is InChI=1S/C19H19FN2O3/c1-12-3-4-15(11-13(12)2)17(23)9-10-18(24)21-22-19(25)14-5-7-16(20)8-6-14/h3-8,11H,9-10H2,1-2H3,(H,21,24)(H,22,25). The lowest BCUT2D eigenvalue weighted by atomic mass is 10.0. The number of ketones is 1. The van der Waals surface area contributed by atoms with E-state index in [0.717, 1.165) is 23.3 Å². The molecule has 0 aliphatic rings. The van der Waals surface area contributed by atoms with Crippen LogP contribution in [0.1, 0.15) is 44.7 Å². The van der Waals surface area contributed by atoms with Gasteiger partial charge in [-0.05, 0) is 55.3 Å². The number of aryl methyl sites for hydroxylation is 2. The number of nitrogens with one attached hydrogen (secondary N) is 2.